The molecular formula is C19H24N2O5S. The molecule has 0 aliphatic rings. The van der Waals surface area contributed by atoms with Crippen LogP contribution in [0.2, 0.25) is 0 Å². The quantitative estimate of drug-likeness (QED) is 0.563. The maximum Gasteiger partial charge on any atom is 0.257 e. The summed E-state index contributed by atoms with van der Waals surface area (Å²) in [7, 11) is -2.09. The highest BCUT2D eigenvalue weighted by Crippen LogP contribution is 2.15. The smallest absolute Gasteiger partial charge is 0.257 e. The molecule has 0 aliphatic heterocycles. The Balaban J connectivity index is 1.75. The van der Waals surface area contributed by atoms with Gasteiger partial charge >= 0.3 is 0 Å². The van der Waals surface area contributed by atoms with Crippen LogP contribution < -0.4 is 14.8 Å². The number of rotatable bonds is 11. The van der Waals surface area contributed by atoms with E-state index < -0.39 is 10.0 Å². The molecule has 27 heavy (non-hydrogen) atoms. The van der Waals surface area contributed by atoms with Gasteiger partial charge in [0.15, 0.2) is 6.61 Å². The Labute approximate surface area is 159 Å². The first-order chi connectivity index (χ1) is 13.0. The summed E-state index contributed by atoms with van der Waals surface area (Å²) in [5, 5.41) is 2.78. The van der Waals surface area contributed by atoms with Crippen LogP contribution in [0, 0.1) is 0 Å². The fourth-order valence-electron chi connectivity index (χ4n) is 2.27. The highest BCUT2D eigenvalue weighted by Gasteiger charge is 2.13. The number of hydrogen-bond donors (Lipinski definition) is 2. The van der Waals surface area contributed by atoms with E-state index in [0.717, 1.165) is 12.0 Å². The minimum absolute atomic E-state index is 0.123. The summed E-state index contributed by atoms with van der Waals surface area (Å²) in [5.74, 6) is 0.188. The largest absolute Gasteiger partial charge is 0.484 e. The van der Waals surface area contributed by atoms with Gasteiger partial charge in [-0.1, -0.05) is 30.3 Å². The highest BCUT2D eigenvalue weighted by molar-refractivity contribution is 7.89. The molecule has 2 N–H and O–H groups in total. The van der Waals surface area contributed by atoms with Crippen LogP contribution in [0.1, 0.15) is 5.56 Å². The average molecular weight is 392 g/mol. The molecule has 0 atom stereocenters. The molecule has 2 aromatic carbocycles. The third-order valence-corrected chi connectivity index (χ3v) is 5.16. The van der Waals surface area contributed by atoms with E-state index in [1.54, 1.807) is 0 Å². The van der Waals surface area contributed by atoms with E-state index in [1.165, 1.54) is 31.4 Å². The first-order valence-corrected chi connectivity index (χ1v) is 10.0. The zero-order valence-electron chi connectivity index (χ0n) is 15.2. The Morgan fingerprint density at radius 3 is 2.37 bits per heavy atom. The molecule has 0 aliphatic carbocycles. The molecule has 0 radical (unpaired) electrons. The number of hydrogen-bond acceptors (Lipinski definition) is 5. The second-order valence-corrected chi connectivity index (χ2v) is 7.50. The zero-order valence-corrected chi connectivity index (χ0v) is 16.0. The lowest BCUT2D eigenvalue weighted by Crippen LogP contribution is -2.30. The maximum atomic E-state index is 12.0. The summed E-state index contributed by atoms with van der Waals surface area (Å²) in [6.07, 6.45) is 0.745. The van der Waals surface area contributed by atoms with Gasteiger partial charge in [0.05, 0.1) is 11.5 Å². The van der Waals surface area contributed by atoms with E-state index in [4.69, 9.17) is 9.47 Å². The van der Waals surface area contributed by atoms with Crippen molar-refractivity contribution in [1.29, 1.82) is 0 Å². The van der Waals surface area contributed by atoms with Crippen LogP contribution in [0.5, 0.6) is 5.75 Å². The molecule has 0 saturated carbocycles. The summed E-state index contributed by atoms with van der Waals surface area (Å²) in [6.45, 7) is 0.879. The minimum atomic E-state index is -3.58. The number of benzene rings is 2. The number of sulfonamides is 1. The van der Waals surface area contributed by atoms with Crippen LogP contribution in [0.15, 0.2) is 59.5 Å². The van der Waals surface area contributed by atoms with Gasteiger partial charge in [-0.3, -0.25) is 4.79 Å². The molecule has 146 valence electrons. The molecule has 0 bridgehead atoms. The van der Waals surface area contributed by atoms with Crippen molar-refractivity contribution < 1.29 is 22.7 Å². The van der Waals surface area contributed by atoms with Crippen LogP contribution in [0.3, 0.4) is 0 Å². The van der Waals surface area contributed by atoms with Crippen molar-refractivity contribution in [3.05, 3.63) is 60.2 Å². The number of amides is 1. The van der Waals surface area contributed by atoms with E-state index in [-0.39, 0.29) is 24.0 Å². The van der Waals surface area contributed by atoms with Crippen LogP contribution in [-0.2, 0) is 26.0 Å². The number of carbonyl (C=O) groups excluding carboxylic acids is 1. The molecule has 0 fully saturated rings. The monoisotopic (exact) mass is 392 g/mol. The fourth-order valence-corrected chi connectivity index (χ4v) is 3.28. The molecule has 2 rings (SSSR count). The first kappa shape index (κ1) is 20.9. The second-order valence-electron chi connectivity index (χ2n) is 5.74. The zero-order chi connectivity index (χ0) is 19.5. The van der Waals surface area contributed by atoms with Crippen LogP contribution in [0.25, 0.3) is 0 Å². The lowest BCUT2D eigenvalue weighted by molar-refractivity contribution is -0.123. The standard InChI is InChI=1S/C19H24N2O5S/c1-25-14-13-21-27(23,24)18-9-7-17(8-10-18)26-15-19(22)20-12-11-16-5-3-2-4-6-16/h2-10,21H,11-15H2,1H3,(H,20,22). The normalized spacial score (nSPS) is 11.1. The summed E-state index contributed by atoms with van der Waals surface area (Å²) in [6, 6.07) is 15.8. The topological polar surface area (TPSA) is 93.7 Å². The van der Waals surface area contributed by atoms with Gasteiger partial charge in [-0.2, -0.15) is 0 Å². The van der Waals surface area contributed by atoms with Crippen molar-refractivity contribution >= 4 is 15.9 Å². The minimum Gasteiger partial charge on any atom is -0.484 e. The second kappa shape index (κ2) is 10.7. The molecule has 0 aromatic heterocycles. The number of carbonyl (C=O) groups is 1. The van der Waals surface area contributed by atoms with Crippen LogP contribution in [-0.4, -0.2) is 47.7 Å². The number of methoxy groups -OCH3 is 1. The summed E-state index contributed by atoms with van der Waals surface area (Å²) in [4.78, 5) is 11.9. The molecule has 7 nitrogen and oxygen atoms in total. The first-order valence-electron chi connectivity index (χ1n) is 8.53. The Bertz CT molecular complexity index is 808. The summed E-state index contributed by atoms with van der Waals surface area (Å²) >= 11 is 0. The van der Waals surface area contributed by atoms with E-state index in [0.29, 0.717) is 18.9 Å². The lowest BCUT2D eigenvalue weighted by Gasteiger charge is -2.09. The lowest BCUT2D eigenvalue weighted by atomic mass is 10.1. The van der Waals surface area contributed by atoms with E-state index in [9.17, 15) is 13.2 Å². The number of nitrogens with one attached hydrogen (secondary N) is 2. The number of ether oxygens (including phenoxy) is 2. The van der Waals surface area contributed by atoms with Gasteiger partial charge in [-0.25, -0.2) is 13.1 Å². The fraction of sp³-hybridized carbons (Fsp3) is 0.316. The summed E-state index contributed by atoms with van der Waals surface area (Å²) in [5.41, 5.74) is 1.15. The molecule has 0 unspecified atom stereocenters. The van der Waals surface area contributed by atoms with Crippen molar-refractivity contribution in [2.75, 3.05) is 33.4 Å². The van der Waals surface area contributed by atoms with Crippen molar-refractivity contribution in [1.82, 2.24) is 10.0 Å². The van der Waals surface area contributed by atoms with Gasteiger partial charge in [-0.15, -0.1) is 0 Å². The molecule has 0 spiro atoms. The van der Waals surface area contributed by atoms with E-state index in [1.807, 2.05) is 30.3 Å². The molecule has 0 saturated heterocycles. The Kier molecular flexibility index (Phi) is 8.25. The molecule has 8 heteroatoms. The average Bonchev–Trinajstić information content (AvgIpc) is 2.68. The maximum absolute atomic E-state index is 12.0. The van der Waals surface area contributed by atoms with E-state index >= 15 is 0 Å². The van der Waals surface area contributed by atoms with Crippen molar-refractivity contribution in [2.24, 2.45) is 0 Å². The molecule has 2 aromatic rings. The molecule has 1 amide bonds. The predicted molar refractivity (Wildman–Crippen MR) is 102 cm³/mol. The summed E-state index contributed by atoms with van der Waals surface area (Å²) < 4.78 is 36.7. The van der Waals surface area contributed by atoms with Crippen LogP contribution in [0.4, 0.5) is 0 Å². The van der Waals surface area contributed by atoms with Gasteiger partial charge in [0, 0.05) is 20.2 Å². The van der Waals surface area contributed by atoms with Crippen molar-refractivity contribution in [2.45, 2.75) is 11.3 Å². The van der Waals surface area contributed by atoms with Gasteiger partial charge in [0.1, 0.15) is 5.75 Å². The third kappa shape index (κ3) is 7.38. The Morgan fingerprint density at radius 1 is 1.00 bits per heavy atom. The van der Waals surface area contributed by atoms with E-state index in [2.05, 4.69) is 10.0 Å². The van der Waals surface area contributed by atoms with Gasteiger partial charge in [-0.05, 0) is 36.2 Å². The highest BCUT2D eigenvalue weighted by atomic mass is 32.2. The van der Waals surface area contributed by atoms with Crippen molar-refractivity contribution in [3.63, 3.8) is 0 Å². The Morgan fingerprint density at radius 2 is 1.70 bits per heavy atom. The van der Waals surface area contributed by atoms with Crippen molar-refractivity contribution in [3.8, 4) is 5.75 Å². The van der Waals surface area contributed by atoms with Gasteiger partial charge in [0.2, 0.25) is 10.0 Å². The third-order valence-electron chi connectivity index (χ3n) is 3.68. The predicted octanol–water partition coefficient (Wildman–Crippen LogP) is 1.35. The SMILES string of the molecule is COCCNS(=O)(=O)c1ccc(OCC(=O)NCCc2ccccc2)cc1. The molecular weight excluding hydrogens is 368 g/mol. The van der Waals surface area contributed by atoms with Crippen LogP contribution >= 0.6 is 0 Å². The van der Waals surface area contributed by atoms with Gasteiger partial charge in [0.25, 0.3) is 5.91 Å². The van der Waals surface area contributed by atoms with Gasteiger partial charge < -0.3 is 14.8 Å². The Hall–Kier alpha value is -2.42. The molecule has 0 heterocycles.